The van der Waals surface area contributed by atoms with Crippen LogP contribution in [0.15, 0.2) is 61.1 Å². The van der Waals surface area contributed by atoms with Crippen LogP contribution in [0, 0.1) is 0 Å². The molecular weight excluding hydrogens is 572 g/mol. The minimum Gasteiger partial charge on any atom is -0.497 e. The first-order valence-electron chi connectivity index (χ1n) is 14.7. The summed E-state index contributed by atoms with van der Waals surface area (Å²) in [5, 5.41) is 18.3. The molecule has 0 bridgehead atoms. The van der Waals surface area contributed by atoms with Crippen LogP contribution in [0.5, 0.6) is 11.5 Å². The van der Waals surface area contributed by atoms with Crippen molar-refractivity contribution in [2.45, 2.75) is 52.1 Å². The van der Waals surface area contributed by atoms with Gasteiger partial charge in [0, 0.05) is 47.7 Å². The molecule has 1 aromatic carbocycles. The molecule has 3 N–H and O–H groups in total. The number of ether oxygens (including phenoxy) is 2. The van der Waals surface area contributed by atoms with Crippen molar-refractivity contribution >= 4 is 28.8 Å². The third kappa shape index (κ3) is 8.62. The van der Waals surface area contributed by atoms with Crippen LogP contribution in [0.3, 0.4) is 0 Å². The number of pyridine rings is 2. The quantitative estimate of drug-likeness (QED) is 0.163. The molecule has 4 heterocycles. The number of carbonyl (C=O) groups is 1. The predicted molar refractivity (Wildman–Crippen MR) is 173 cm³/mol. The smallest absolute Gasteiger partial charge is 0.320 e. The fraction of sp³-hybridized carbons (Fsp3) is 0.344. The van der Waals surface area contributed by atoms with E-state index in [1.807, 2.05) is 63.4 Å². The molecule has 0 unspecified atom stereocenters. The van der Waals surface area contributed by atoms with E-state index in [0.717, 1.165) is 36.2 Å². The number of fused-ring (bicyclic) bond motifs is 1. The van der Waals surface area contributed by atoms with Gasteiger partial charge in [-0.25, -0.2) is 19.4 Å². The standard InChI is InChI=1S/C32H38N10O3/c1-32(2,3)39-31(43)38-29-27(21-14-25(44-4)17-26(15-21)45-5)16-22-18-35-30(37-28(22)36-29)34-13-9-7-11-24-20-42(41-40-24)19-23-10-6-8-12-33-23/h6,8,10,12,14-18,20H,7,9,11,13,19H2,1-5H3,(H3,34,35,36,37,38,39,43). The summed E-state index contributed by atoms with van der Waals surface area (Å²) in [6.07, 6.45) is 8.08. The van der Waals surface area contributed by atoms with Gasteiger partial charge in [-0.15, -0.1) is 5.10 Å². The summed E-state index contributed by atoms with van der Waals surface area (Å²) >= 11 is 0. The number of urea groups is 1. The lowest BCUT2D eigenvalue weighted by Crippen LogP contribution is -2.43. The number of nitrogens with zero attached hydrogens (tertiary/aromatic N) is 7. The Morgan fingerprint density at radius 3 is 2.47 bits per heavy atom. The largest absolute Gasteiger partial charge is 0.497 e. The summed E-state index contributed by atoms with van der Waals surface area (Å²) in [7, 11) is 3.18. The highest BCUT2D eigenvalue weighted by molar-refractivity contribution is 5.96. The van der Waals surface area contributed by atoms with E-state index in [0.29, 0.717) is 53.0 Å². The zero-order valence-corrected chi connectivity index (χ0v) is 26.2. The zero-order valence-electron chi connectivity index (χ0n) is 26.2. The van der Waals surface area contributed by atoms with E-state index in [1.54, 1.807) is 37.4 Å². The molecule has 5 rings (SSSR count). The fourth-order valence-electron chi connectivity index (χ4n) is 4.63. The molecule has 0 atom stereocenters. The number of unbranched alkanes of at least 4 members (excludes halogenated alkanes) is 1. The Morgan fingerprint density at radius 1 is 0.956 bits per heavy atom. The van der Waals surface area contributed by atoms with Gasteiger partial charge in [-0.2, -0.15) is 4.98 Å². The van der Waals surface area contributed by atoms with Crippen LogP contribution in [0.1, 0.15) is 45.0 Å². The van der Waals surface area contributed by atoms with E-state index < -0.39 is 5.54 Å². The average Bonchev–Trinajstić information content (AvgIpc) is 3.46. The van der Waals surface area contributed by atoms with Crippen molar-refractivity contribution in [1.82, 2.24) is 40.2 Å². The molecule has 2 amide bonds. The molecule has 0 saturated heterocycles. The van der Waals surface area contributed by atoms with Crippen molar-refractivity contribution in [2.24, 2.45) is 0 Å². The Balaban J connectivity index is 1.27. The van der Waals surface area contributed by atoms with Gasteiger partial charge in [0.25, 0.3) is 0 Å². The fourth-order valence-corrected chi connectivity index (χ4v) is 4.63. The lowest BCUT2D eigenvalue weighted by atomic mass is 10.0. The number of aromatic nitrogens is 7. The van der Waals surface area contributed by atoms with Crippen LogP contribution in [-0.4, -0.2) is 67.3 Å². The molecule has 13 heteroatoms. The van der Waals surface area contributed by atoms with Crippen molar-refractivity contribution in [3.8, 4) is 22.6 Å². The normalized spacial score (nSPS) is 11.3. The summed E-state index contributed by atoms with van der Waals surface area (Å²) in [6.45, 7) is 7.00. The van der Waals surface area contributed by atoms with Crippen molar-refractivity contribution in [3.63, 3.8) is 0 Å². The van der Waals surface area contributed by atoms with Gasteiger partial charge < -0.3 is 20.1 Å². The van der Waals surface area contributed by atoms with Gasteiger partial charge in [0.05, 0.1) is 32.2 Å². The first kappa shape index (κ1) is 31.1. The molecule has 0 spiro atoms. The molecule has 0 fully saturated rings. The Hall–Kier alpha value is -5.33. The van der Waals surface area contributed by atoms with Gasteiger partial charge in [0.1, 0.15) is 17.3 Å². The van der Waals surface area contributed by atoms with Crippen molar-refractivity contribution in [2.75, 3.05) is 31.4 Å². The van der Waals surface area contributed by atoms with Crippen molar-refractivity contribution in [1.29, 1.82) is 0 Å². The molecular formula is C32H38N10O3. The maximum atomic E-state index is 12.9. The molecule has 13 nitrogen and oxygen atoms in total. The second kappa shape index (κ2) is 14.0. The first-order valence-corrected chi connectivity index (χ1v) is 14.7. The summed E-state index contributed by atoms with van der Waals surface area (Å²) in [6, 6.07) is 12.8. The summed E-state index contributed by atoms with van der Waals surface area (Å²) in [5.41, 5.74) is 3.32. The molecule has 4 aromatic heterocycles. The molecule has 0 aliphatic rings. The number of carbonyl (C=O) groups excluding carboxylic acids is 1. The number of hydrogen-bond donors (Lipinski definition) is 3. The van der Waals surface area contributed by atoms with Crippen molar-refractivity contribution < 1.29 is 14.3 Å². The van der Waals surface area contributed by atoms with Crippen LogP contribution < -0.4 is 25.4 Å². The van der Waals surface area contributed by atoms with Crippen LogP contribution in [0.25, 0.3) is 22.2 Å². The Bertz CT molecular complexity index is 1730. The van der Waals surface area contributed by atoms with Gasteiger partial charge in [-0.3, -0.25) is 10.3 Å². The number of methoxy groups -OCH3 is 2. The third-order valence-corrected chi connectivity index (χ3v) is 6.73. The van der Waals surface area contributed by atoms with Gasteiger partial charge in [0.2, 0.25) is 5.95 Å². The maximum Gasteiger partial charge on any atom is 0.320 e. The highest BCUT2D eigenvalue weighted by atomic mass is 16.5. The average molecular weight is 611 g/mol. The van der Waals surface area contributed by atoms with Gasteiger partial charge in [-0.1, -0.05) is 11.3 Å². The van der Waals surface area contributed by atoms with E-state index in [2.05, 4.69) is 41.2 Å². The predicted octanol–water partition coefficient (Wildman–Crippen LogP) is 5.10. The minimum atomic E-state index is -0.435. The molecule has 0 radical (unpaired) electrons. The molecule has 5 aromatic rings. The Kier molecular flexibility index (Phi) is 9.66. The van der Waals surface area contributed by atoms with Gasteiger partial charge >= 0.3 is 6.03 Å². The van der Waals surface area contributed by atoms with E-state index in [-0.39, 0.29) is 6.03 Å². The maximum absolute atomic E-state index is 12.9. The summed E-state index contributed by atoms with van der Waals surface area (Å²) in [5.74, 6) is 2.02. The zero-order chi connectivity index (χ0) is 31.8. The van der Waals surface area contributed by atoms with E-state index in [9.17, 15) is 4.79 Å². The number of aryl methyl sites for hydroxylation is 1. The molecule has 234 valence electrons. The number of amides is 2. The van der Waals surface area contributed by atoms with E-state index in [4.69, 9.17) is 14.5 Å². The summed E-state index contributed by atoms with van der Waals surface area (Å²) in [4.78, 5) is 31.1. The minimum absolute atomic E-state index is 0.347. The molecule has 0 aliphatic heterocycles. The number of nitrogens with one attached hydrogen (secondary N) is 3. The Labute approximate surface area is 261 Å². The summed E-state index contributed by atoms with van der Waals surface area (Å²) < 4.78 is 12.7. The molecule has 0 saturated carbocycles. The van der Waals surface area contributed by atoms with E-state index >= 15 is 0 Å². The van der Waals surface area contributed by atoms with E-state index in [1.165, 1.54) is 0 Å². The second-order valence-corrected chi connectivity index (χ2v) is 11.5. The molecule has 45 heavy (non-hydrogen) atoms. The van der Waals surface area contributed by atoms with Crippen LogP contribution in [0.2, 0.25) is 0 Å². The lowest BCUT2D eigenvalue weighted by Gasteiger charge is -2.21. The molecule has 0 aliphatic carbocycles. The first-order chi connectivity index (χ1) is 21.7. The number of anilines is 2. The highest BCUT2D eigenvalue weighted by Crippen LogP contribution is 2.35. The topological polar surface area (TPSA) is 154 Å². The highest BCUT2D eigenvalue weighted by Gasteiger charge is 2.19. The number of benzene rings is 1. The van der Waals surface area contributed by atoms with Crippen molar-refractivity contribution in [3.05, 3.63) is 72.4 Å². The third-order valence-electron chi connectivity index (χ3n) is 6.73. The van der Waals surface area contributed by atoms with Crippen LogP contribution in [-0.2, 0) is 13.0 Å². The van der Waals surface area contributed by atoms with Gasteiger partial charge in [0.15, 0.2) is 5.65 Å². The van der Waals surface area contributed by atoms with Crippen LogP contribution >= 0.6 is 0 Å². The Morgan fingerprint density at radius 2 is 1.76 bits per heavy atom. The monoisotopic (exact) mass is 610 g/mol. The second-order valence-electron chi connectivity index (χ2n) is 11.5. The number of rotatable bonds is 12. The lowest BCUT2D eigenvalue weighted by molar-refractivity contribution is 0.243. The van der Waals surface area contributed by atoms with Gasteiger partial charge in [-0.05, 0) is 75.9 Å². The SMILES string of the molecule is COc1cc(OC)cc(-c2cc3cnc(NCCCCc4cn(Cc5ccccn5)nn4)nc3nc2NC(=O)NC(C)(C)C)c1. The van der Waals surface area contributed by atoms with Crippen LogP contribution in [0.4, 0.5) is 16.6 Å². The number of hydrogen-bond acceptors (Lipinski definition) is 10.